The molecule has 2 aromatic carbocycles. The standard InChI is InChI=1S/C16H17NO5.C14H22O.C6H13NO/c1-9-4-5-11(22-9)8-17(3)16(21)13-6-12(10(2)18)14(19)7-15(13)20;1-4-7-10-15-14-9-8-12(5-2)13(6-3)11-14;1-3-5-7-6(8)4-2/h4-7,19-20H,8H2,1-3H3;8-9,11H,4-7,10H2,1-3H3;3-5H2,1-2H3,(H,7,8). The summed E-state index contributed by atoms with van der Waals surface area (Å²) in [7, 11) is 1.56. The first kappa shape index (κ1) is 38.8. The zero-order chi connectivity index (χ0) is 33.9. The van der Waals surface area contributed by atoms with E-state index in [2.05, 4.69) is 44.3 Å². The van der Waals surface area contributed by atoms with Crippen LogP contribution >= 0.6 is 0 Å². The third kappa shape index (κ3) is 13.5. The molecule has 0 aliphatic rings. The van der Waals surface area contributed by atoms with Gasteiger partial charge in [-0.05, 0) is 81.0 Å². The van der Waals surface area contributed by atoms with Gasteiger partial charge in [0.15, 0.2) is 5.78 Å². The number of nitrogens with zero attached hydrogens (tertiary/aromatic N) is 1. The molecule has 0 saturated carbocycles. The molecule has 2 amide bonds. The van der Waals surface area contributed by atoms with Gasteiger partial charge in [-0.2, -0.15) is 0 Å². The third-order valence-electron chi connectivity index (χ3n) is 6.86. The second-order valence-electron chi connectivity index (χ2n) is 10.7. The van der Waals surface area contributed by atoms with Gasteiger partial charge in [0.2, 0.25) is 5.91 Å². The lowest BCUT2D eigenvalue weighted by atomic mass is 10.0. The number of carbonyl (C=O) groups excluding carboxylic acids is 3. The SMILES string of the molecule is CC(=O)c1cc(C(=O)N(C)Cc2ccc(C)o2)c(O)cc1O.CCCCOc1ccc(CC)c(CC)c1.CCCNC(=O)CC. The normalized spacial score (nSPS) is 10.1. The Bertz CT molecular complexity index is 1360. The number of carbonyl (C=O) groups is 3. The minimum Gasteiger partial charge on any atom is -0.507 e. The van der Waals surface area contributed by atoms with E-state index in [1.165, 1.54) is 35.4 Å². The number of furan rings is 1. The molecular formula is C36H52N2O7. The highest BCUT2D eigenvalue weighted by Gasteiger charge is 2.21. The van der Waals surface area contributed by atoms with Crippen LogP contribution in [0.5, 0.6) is 17.2 Å². The van der Waals surface area contributed by atoms with Gasteiger partial charge in [0, 0.05) is 26.1 Å². The molecule has 0 aliphatic heterocycles. The summed E-state index contributed by atoms with van der Waals surface area (Å²) in [6, 6.07) is 12.2. The van der Waals surface area contributed by atoms with Crippen molar-refractivity contribution in [3.05, 3.63) is 76.2 Å². The van der Waals surface area contributed by atoms with E-state index in [9.17, 15) is 24.6 Å². The Labute approximate surface area is 268 Å². The van der Waals surface area contributed by atoms with Crippen LogP contribution in [0.3, 0.4) is 0 Å². The molecule has 1 aromatic heterocycles. The van der Waals surface area contributed by atoms with Crippen molar-refractivity contribution in [3.8, 4) is 17.2 Å². The summed E-state index contributed by atoms with van der Waals surface area (Å²) in [6.07, 6.45) is 6.14. The molecule has 3 rings (SSSR count). The fraction of sp³-hybridized carbons (Fsp3) is 0.472. The van der Waals surface area contributed by atoms with Crippen LogP contribution in [0.4, 0.5) is 0 Å². The molecule has 0 aliphatic carbocycles. The van der Waals surface area contributed by atoms with Crippen molar-refractivity contribution >= 4 is 17.6 Å². The van der Waals surface area contributed by atoms with Crippen LogP contribution in [0, 0.1) is 6.92 Å². The Balaban J connectivity index is 0.000000380. The van der Waals surface area contributed by atoms with Crippen LogP contribution < -0.4 is 10.1 Å². The van der Waals surface area contributed by atoms with Crippen LogP contribution in [0.25, 0.3) is 0 Å². The van der Waals surface area contributed by atoms with Crippen molar-refractivity contribution in [1.82, 2.24) is 10.2 Å². The number of rotatable bonds is 13. The maximum absolute atomic E-state index is 12.4. The quantitative estimate of drug-likeness (QED) is 0.134. The van der Waals surface area contributed by atoms with Crippen molar-refractivity contribution in [2.45, 2.75) is 93.5 Å². The number of aryl methyl sites for hydroxylation is 3. The number of hydrogen-bond donors (Lipinski definition) is 3. The molecule has 9 nitrogen and oxygen atoms in total. The molecule has 9 heteroatoms. The molecule has 0 unspecified atom stereocenters. The van der Waals surface area contributed by atoms with Crippen molar-refractivity contribution in [3.63, 3.8) is 0 Å². The van der Waals surface area contributed by atoms with Gasteiger partial charge >= 0.3 is 0 Å². The number of Topliss-reactive ketones (excluding diaryl/α,β-unsaturated/α-hetero) is 1. The maximum Gasteiger partial charge on any atom is 0.257 e. The highest BCUT2D eigenvalue weighted by atomic mass is 16.5. The van der Waals surface area contributed by atoms with E-state index in [1.54, 1.807) is 26.1 Å². The molecular weight excluding hydrogens is 572 g/mol. The number of phenolic OH excluding ortho intramolecular Hbond substituents is 2. The zero-order valence-corrected chi connectivity index (χ0v) is 28.3. The third-order valence-corrected chi connectivity index (χ3v) is 6.86. The van der Waals surface area contributed by atoms with Gasteiger partial charge in [0.25, 0.3) is 5.91 Å². The average molecular weight is 625 g/mol. The van der Waals surface area contributed by atoms with Gasteiger partial charge in [0.1, 0.15) is 28.8 Å². The molecule has 0 atom stereocenters. The van der Waals surface area contributed by atoms with E-state index in [-0.39, 0.29) is 35.1 Å². The van der Waals surface area contributed by atoms with Gasteiger partial charge < -0.3 is 29.6 Å². The van der Waals surface area contributed by atoms with Crippen LogP contribution in [0.15, 0.2) is 46.9 Å². The smallest absolute Gasteiger partial charge is 0.257 e. The Morgan fingerprint density at radius 1 is 0.867 bits per heavy atom. The molecule has 0 saturated heterocycles. The van der Waals surface area contributed by atoms with E-state index in [4.69, 9.17) is 9.15 Å². The fourth-order valence-corrected chi connectivity index (χ4v) is 4.20. The summed E-state index contributed by atoms with van der Waals surface area (Å²) >= 11 is 0. The Hall–Kier alpha value is -4.27. The monoisotopic (exact) mass is 624 g/mol. The largest absolute Gasteiger partial charge is 0.507 e. The second kappa shape index (κ2) is 20.6. The molecule has 1 heterocycles. The Morgan fingerprint density at radius 2 is 1.53 bits per heavy atom. The number of aromatic hydroxyl groups is 2. The topological polar surface area (TPSA) is 129 Å². The van der Waals surface area contributed by atoms with Crippen molar-refractivity contribution < 1.29 is 33.8 Å². The van der Waals surface area contributed by atoms with Crippen LogP contribution in [0.1, 0.15) is 111 Å². The summed E-state index contributed by atoms with van der Waals surface area (Å²) in [5.41, 5.74) is 2.81. The summed E-state index contributed by atoms with van der Waals surface area (Å²) in [5, 5.41) is 22.2. The molecule has 0 bridgehead atoms. The number of benzene rings is 2. The van der Waals surface area contributed by atoms with Crippen LogP contribution in [-0.2, 0) is 24.2 Å². The van der Waals surface area contributed by atoms with Gasteiger partial charge in [-0.3, -0.25) is 14.4 Å². The van der Waals surface area contributed by atoms with Gasteiger partial charge in [-0.15, -0.1) is 0 Å². The van der Waals surface area contributed by atoms with E-state index >= 15 is 0 Å². The predicted octanol–water partition coefficient (Wildman–Crippen LogP) is 7.39. The number of phenols is 2. The Morgan fingerprint density at radius 3 is 2.07 bits per heavy atom. The predicted molar refractivity (Wildman–Crippen MR) is 178 cm³/mol. The molecule has 0 fully saturated rings. The Kier molecular flexibility index (Phi) is 17.8. The lowest BCUT2D eigenvalue weighted by Crippen LogP contribution is -2.26. The first-order valence-electron chi connectivity index (χ1n) is 15.8. The first-order chi connectivity index (χ1) is 21.4. The van der Waals surface area contributed by atoms with Gasteiger partial charge in [-0.1, -0.05) is 47.1 Å². The molecule has 0 spiro atoms. The van der Waals surface area contributed by atoms with Crippen LogP contribution in [0.2, 0.25) is 0 Å². The van der Waals surface area contributed by atoms with Gasteiger partial charge in [0.05, 0.1) is 24.3 Å². The summed E-state index contributed by atoms with van der Waals surface area (Å²) in [4.78, 5) is 35.6. The number of ketones is 1. The number of amides is 2. The molecule has 248 valence electrons. The van der Waals surface area contributed by atoms with Gasteiger partial charge in [-0.25, -0.2) is 0 Å². The lowest BCUT2D eigenvalue weighted by molar-refractivity contribution is -0.120. The van der Waals surface area contributed by atoms with E-state index in [0.29, 0.717) is 12.2 Å². The van der Waals surface area contributed by atoms with Crippen molar-refractivity contribution in [2.24, 2.45) is 0 Å². The zero-order valence-electron chi connectivity index (χ0n) is 28.3. The first-order valence-corrected chi connectivity index (χ1v) is 15.8. The van der Waals surface area contributed by atoms with E-state index in [1.807, 2.05) is 13.8 Å². The highest BCUT2D eigenvalue weighted by Crippen LogP contribution is 2.29. The van der Waals surface area contributed by atoms with Crippen LogP contribution in [-0.4, -0.2) is 52.9 Å². The minimum absolute atomic E-state index is 0.0107. The minimum atomic E-state index is -0.478. The molecule has 0 radical (unpaired) electrons. The average Bonchev–Trinajstić information content (AvgIpc) is 3.43. The summed E-state index contributed by atoms with van der Waals surface area (Å²) in [6.45, 7) is 15.4. The number of unbranched alkanes of at least 4 members (excludes halogenated alkanes) is 1. The number of hydrogen-bond acceptors (Lipinski definition) is 7. The number of ether oxygens (including phenoxy) is 1. The highest BCUT2D eigenvalue weighted by molar-refractivity contribution is 6.03. The van der Waals surface area contributed by atoms with Crippen molar-refractivity contribution in [2.75, 3.05) is 20.2 Å². The lowest BCUT2D eigenvalue weighted by Gasteiger charge is -2.17. The fourth-order valence-electron chi connectivity index (χ4n) is 4.20. The van der Waals surface area contributed by atoms with E-state index in [0.717, 1.165) is 56.4 Å². The molecule has 3 N–H and O–H groups in total. The summed E-state index contributed by atoms with van der Waals surface area (Å²) < 4.78 is 11.1. The molecule has 3 aromatic rings. The van der Waals surface area contributed by atoms with E-state index < -0.39 is 11.7 Å². The molecule has 45 heavy (non-hydrogen) atoms. The summed E-state index contributed by atoms with van der Waals surface area (Å²) in [5.74, 6) is 0.913. The number of nitrogens with one attached hydrogen (secondary N) is 1. The maximum atomic E-state index is 12.4. The van der Waals surface area contributed by atoms with Crippen molar-refractivity contribution in [1.29, 1.82) is 0 Å². The second-order valence-corrected chi connectivity index (χ2v) is 10.7.